The van der Waals surface area contributed by atoms with E-state index in [4.69, 9.17) is 5.11 Å². The van der Waals surface area contributed by atoms with E-state index in [1.165, 1.54) is 0 Å². The summed E-state index contributed by atoms with van der Waals surface area (Å²) in [6.07, 6.45) is 5.79. The normalized spacial score (nSPS) is 19.4. The summed E-state index contributed by atoms with van der Waals surface area (Å²) in [5, 5.41) is 8.91. The average Bonchev–Trinajstić information content (AvgIpc) is 3.03. The number of hydrogen-bond acceptors (Lipinski definition) is 2. The van der Waals surface area contributed by atoms with Crippen LogP contribution in [0, 0.1) is 0 Å². The van der Waals surface area contributed by atoms with Gasteiger partial charge in [-0.3, -0.25) is 4.79 Å². The number of aliphatic hydroxyl groups is 1. The van der Waals surface area contributed by atoms with Crippen molar-refractivity contribution in [1.82, 2.24) is 9.47 Å². The highest BCUT2D eigenvalue weighted by atomic mass is 16.3. The number of carbonyl (C=O) groups is 1. The van der Waals surface area contributed by atoms with Crippen molar-refractivity contribution in [2.45, 2.75) is 45.2 Å². The monoisotopic (exact) mass is 250 g/mol. The highest BCUT2D eigenvalue weighted by Gasteiger charge is 2.29. The summed E-state index contributed by atoms with van der Waals surface area (Å²) >= 11 is 0. The number of aliphatic hydroxyl groups excluding tert-OH is 1. The van der Waals surface area contributed by atoms with Crippen LogP contribution in [0.3, 0.4) is 0 Å². The number of carbonyl (C=O) groups excluding carboxylic acids is 1. The van der Waals surface area contributed by atoms with Gasteiger partial charge in [0.2, 0.25) is 0 Å². The lowest BCUT2D eigenvalue weighted by Gasteiger charge is -2.25. The molecule has 0 aliphatic carbocycles. The van der Waals surface area contributed by atoms with E-state index in [0.717, 1.165) is 44.5 Å². The van der Waals surface area contributed by atoms with Crippen LogP contribution in [0.1, 0.15) is 43.1 Å². The molecule has 2 heterocycles. The fourth-order valence-corrected chi connectivity index (χ4v) is 2.76. The smallest absolute Gasteiger partial charge is 0.270 e. The Morgan fingerprint density at radius 1 is 1.56 bits per heavy atom. The maximum atomic E-state index is 12.5. The van der Waals surface area contributed by atoms with Gasteiger partial charge in [-0.2, -0.15) is 0 Å². The Morgan fingerprint density at radius 2 is 2.39 bits per heavy atom. The van der Waals surface area contributed by atoms with Gasteiger partial charge in [0.1, 0.15) is 5.69 Å². The van der Waals surface area contributed by atoms with Gasteiger partial charge in [0, 0.05) is 31.9 Å². The maximum Gasteiger partial charge on any atom is 0.270 e. The number of rotatable bonds is 5. The van der Waals surface area contributed by atoms with Crippen LogP contribution in [0.2, 0.25) is 0 Å². The van der Waals surface area contributed by atoms with E-state index in [0.29, 0.717) is 6.04 Å². The molecule has 1 atom stereocenters. The number of hydrogen-bond donors (Lipinski definition) is 1. The SMILES string of the molecule is CCn1cccc1C(=O)N1CCCC1CCCO. The summed E-state index contributed by atoms with van der Waals surface area (Å²) in [5.41, 5.74) is 0.786. The van der Waals surface area contributed by atoms with Crippen LogP contribution >= 0.6 is 0 Å². The molecule has 18 heavy (non-hydrogen) atoms. The number of aromatic nitrogens is 1. The summed E-state index contributed by atoms with van der Waals surface area (Å²) in [6, 6.07) is 4.13. The lowest BCUT2D eigenvalue weighted by molar-refractivity contribution is 0.0713. The fourth-order valence-electron chi connectivity index (χ4n) is 2.76. The van der Waals surface area contributed by atoms with Gasteiger partial charge in [-0.25, -0.2) is 0 Å². The third kappa shape index (κ3) is 2.58. The lowest BCUT2D eigenvalue weighted by Crippen LogP contribution is -2.36. The maximum absolute atomic E-state index is 12.5. The van der Waals surface area contributed by atoms with Crippen molar-refractivity contribution in [1.29, 1.82) is 0 Å². The van der Waals surface area contributed by atoms with E-state index in [2.05, 4.69) is 0 Å². The number of aryl methyl sites for hydroxylation is 1. The molecule has 0 spiro atoms. The molecule has 1 aliphatic heterocycles. The van der Waals surface area contributed by atoms with Crippen molar-refractivity contribution >= 4 is 5.91 Å². The Balaban J connectivity index is 2.08. The molecule has 0 radical (unpaired) electrons. The summed E-state index contributed by atoms with van der Waals surface area (Å²) in [5.74, 6) is 0.141. The van der Waals surface area contributed by atoms with Crippen LogP contribution in [0.25, 0.3) is 0 Å². The van der Waals surface area contributed by atoms with Crippen molar-refractivity contribution < 1.29 is 9.90 Å². The molecule has 1 unspecified atom stereocenters. The van der Waals surface area contributed by atoms with Crippen LogP contribution in [0.15, 0.2) is 18.3 Å². The molecular formula is C14H22N2O2. The second-order valence-corrected chi connectivity index (χ2v) is 4.84. The largest absolute Gasteiger partial charge is 0.396 e. The summed E-state index contributed by atoms with van der Waals surface area (Å²) in [6.45, 7) is 3.93. The fraction of sp³-hybridized carbons (Fsp3) is 0.643. The molecule has 1 fully saturated rings. The van der Waals surface area contributed by atoms with Crippen molar-refractivity contribution in [3.8, 4) is 0 Å². The zero-order valence-corrected chi connectivity index (χ0v) is 11.0. The van der Waals surface area contributed by atoms with E-state index in [1.807, 2.05) is 34.7 Å². The first-order valence-electron chi connectivity index (χ1n) is 6.85. The van der Waals surface area contributed by atoms with Gasteiger partial charge in [0.15, 0.2) is 0 Å². The molecule has 100 valence electrons. The minimum Gasteiger partial charge on any atom is -0.396 e. The van der Waals surface area contributed by atoms with Crippen LogP contribution in [0.5, 0.6) is 0 Å². The molecule has 1 aromatic rings. The Morgan fingerprint density at radius 3 is 3.11 bits per heavy atom. The molecule has 1 aliphatic rings. The average molecular weight is 250 g/mol. The van der Waals surface area contributed by atoms with Gasteiger partial charge in [-0.15, -0.1) is 0 Å². The molecule has 2 rings (SSSR count). The topological polar surface area (TPSA) is 45.5 Å². The minimum atomic E-state index is 0.141. The predicted molar refractivity (Wildman–Crippen MR) is 70.5 cm³/mol. The van der Waals surface area contributed by atoms with Crippen LogP contribution in [0.4, 0.5) is 0 Å². The van der Waals surface area contributed by atoms with E-state index in [1.54, 1.807) is 0 Å². The molecule has 1 saturated heterocycles. The van der Waals surface area contributed by atoms with E-state index in [9.17, 15) is 4.79 Å². The first-order chi connectivity index (χ1) is 8.77. The molecule has 1 aromatic heterocycles. The molecule has 4 heteroatoms. The second kappa shape index (κ2) is 6.05. The Labute approximate surface area is 108 Å². The first-order valence-corrected chi connectivity index (χ1v) is 6.85. The van der Waals surface area contributed by atoms with Crippen LogP contribution in [-0.2, 0) is 6.54 Å². The van der Waals surface area contributed by atoms with Gasteiger partial charge >= 0.3 is 0 Å². The van der Waals surface area contributed by atoms with Gasteiger partial charge < -0.3 is 14.6 Å². The Bertz CT molecular complexity index is 400. The third-order valence-electron chi connectivity index (χ3n) is 3.72. The molecule has 1 N–H and O–H groups in total. The minimum absolute atomic E-state index is 0.141. The number of nitrogens with zero attached hydrogens (tertiary/aromatic N) is 2. The zero-order valence-electron chi connectivity index (χ0n) is 11.0. The molecule has 4 nitrogen and oxygen atoms in total. The van der Waals surface area contributed by atoms with Crippen molar-refractivity contribution in [2.75, 3.05) is 13.2 Å². The third-order valence-corrected chi connectivity index (χ3v) is 3.72. The van der Waals surface area contributed by atoms with Crippen LogP contribution in [-0.4, -0.2) is 39.7 Å². The highest BCUT2D eigenvalue weighted by Crippen LogP contribution is 2.23. The predicted octanol–water partition coefficient (Wildman–Crippen LogP) is 1.89. The molecule has 0 bridgehead atoms. The van der Waals surface area contributed by atoms with Gasteiger partial charge in [-0.05, 0) is 44.7 Å². The number of likely N-dealkylation sites (tertiary alicyclic amines) is 1. The van der Waals surface area contributed by atoms with Crippen molar-refractivity contribution in [3.05, 3.63) is 24.0 Å². The van der Waals surface area contributed by atoms with Gasteiger partial charge in [0.25, 0.3) is 5.91 Å². The van der Waals surface area contributed by atoms with Crippen molar-refractivity contribution in [3.63, 3.8) is 0 Å². The second-order valence-electron chi connectivity index (χ2n) is 4.84. The summed E-state index contributed by atoms with van der Waals surface area (Å²) in [4.78, 5) is 14.5. The summed E-state index contributed by atoms with van der Waals surface area (Å²) < 4.78 is 1.99. The van der Waals surface area contributed by atoms with Gasteiger partial charge in [0.05, 0.1) is 0 Å². The highest BCUT2D eigenvalue weighted by molar-refractivity contribution is 5.93. The van der Waals surface area contributed by atoms with Crippen molar-refractivity contribution in [2.24, 2.45) is 0 Å². The molecule has 1 amide bonds. The quantitative estimate of drug-likeness (QED) is 0.867. The Hall–Kier alpha value is -1.29. The number of amides is 1. The summed E-state index contributed by atoms with van der Waals surface area (Å²) in [7, 11) is 0. The van der Waals surface area contributed by atoms with E-state index in [-0.39, 0.29) is 12.5 Å². The zero-order chi connectivity index (χ0) is 13.0. The standard InChI is InChI=1S/C14H22N2O2/c1-2-15-9-4-8-13(15)14(18)16-10-3-6-12(16)7-5-11-17/h4,8-9,12,17H,2-3,5-7,10-11H2,1H3. The van der Waals surface area contributed by atoms with Gasteiger partial charge in [-0.1, -0.05) is 0 Å². The lowest BCUT2D eigenvalue weighted by atomic mass is 10.1. The molecule has 0 saturated carbocycles. The molecule has 0 aromatic carbocycles. The van der Waals surface area contributed by atoms with Crippen LogP contribution < -0.4 is 0 Å². The Kier molecular flexibility index (Phi) is 4.42. The van der Waals surface area contributed by atoms with E-state index >= 15 is 0 Å². The van der Waals surface area contributed by atoms with E-state index < -0.39 is 0 Å². The first kappa shape index (κ1) is 13.1. The molecular weight excluding hydrogens is 228 g/mol.